The van der Waals surface area contributed by atoms with Gasteiger partial charge in [0.25, 0.3) is 26.0 Å². The highest BCUT2D eigenvalue weighted by Gasteiger charge is 2.18. The molecular weight excluding hydrogens is 550 g/mol. The summed E-state index contributed by atoms with van der Waals surface area (Å²) in [5.74, 6) is 0.147. The van der Waals surface area contributed by atoms with E-state index in [0.29, 0.717) is 29.3 Å². The van der Waals surface area contributed by atoms with E-state index >= 15 is 0 Å². The standard InChI is InChI=1S/C29H29N3O6S2/c1-4-38-25-13-9-24(10-14-25)31-39(34,35)27-17-11-23(12-18-27)30-29(33)22-8-7-21(3)28(19-22)32-40(36,37)26-15-5-20(2)6-16-26/h5-19,31-32H,4H2,1-3H3,(H,30,33). The molecule has 0 saturated heterocycles. The fourth-order valence-corrected chi connectivity index (χ4v) is 5.90. The molecule has 0 aromatic heterocycles. The zero-order valence-corrected chi connectivity index (χ0v) is 23.8. The fourth-order valence-electron chi connectivity index (χ4n) is 3.71. The Bertz CT molecular complexity index is 1720. The summed E-state index contributed by atoms with van der Waals surface area (Å²) < 4.78 is 61.7. The average Bonchev–Trinajstić information content (AvgIpc) is 2.91. The number of carbonyl (C=O) groups is 1. The van der Waals surface area contributed by atoms with Gasteiger partial charge in [-0.05, 0) is 99.1 Å². The van der Waals surface area contributed by atoms with Gasteiger partial charge in [0, 0.05) is 16.9 Å². The normalized spacial score (nSPS) is 11.5. The number of carbonyl (C=O) groups excluding carboxylic acids is 1. The number of anilines is 3. The van der Waals surface area contributed by atoms with Gasteiger partial charge in [0.05, 0.1) is 22.1 Å². The molecule has 0 radical (unpaired) electrons. The number of sulfonamides is 2. The zero-order chi connectivity index (χ0) is 28.9. The molecule has 4 aromatic rings. The van der Waals surface area contributed by atoms with E-state index in [1.807, 2.05) is 13.8 Å². The number of amides is 1. The van der Waals surface area contributed by atoms with Crippen LogP contribution in [0.5, 0.6) is 5.75 Å². The van der Waals surface area contributed by atoms with Crippen molar-refractivity contribution in [2.45, 2.75) is 30.6 Å². The molecule has 3 N–H and O–H groups in total. The minimum atomic E-state index is -3.86. The van der Waals surface area contributed by atoms with Gasteiger partial charge in [-0.2, -0.15) is 0 Å². The first-order chi connectivity index (χ1) is 19.0. The van der Waals surface area contributed by atoms with Gasteiger partial charge in [-0.15, -0.1) is 0 Å². The van der Waals surface area contributed by atoms with Crippen molar-refractivity contribution in [3.05, 3.63) is 108 Å². The molecule has 0 aliphatic rings. The Balaban J connectivity index is 1.45. The molecule has 0 saturated carbocycles. The maximum absolute atomic E-state index is 12.9. The van der Waals surface area contributed by atoms with Crippen molar-refractivity contribution in [3.63, 3.8) is 0 Å². The summed E-state index contributed by atoms with van der Waals surface area (Å²) in [6, 6.07) is 23.4. The highest BCUT2D eigenvalue weighted by molar-refractivity contribution is 7.93. The molecular formula is C29H29N3O6S2. The number of rotatable bonds is 10. The Labute approximate surface area is 234 Å². The van der Waals surface area contributed by atoms with Gasteiger partial charge in [0.1, 0.15) is 5.75 Å². The Morgan fingerprint density at radius 1 is 0.700 bits per heavy atom. The molecule has 9 nitrogen and oxygen atoms in total. The Morgan fingerprint density at radius 2 is 1.25 bits per heavy atom. The average molecular weight is 580 g/mol. The molecule has 40 heavy (non-hydrogen) atoms. The van der Waals surface area contributed by atoms with Gasteiger partial charge in [-0.3, -0.25) is 14.2 Å². The van der Waals surface area contributed by atoms with E-state index in [1.165, 1.54) is 42.5 Å². The van der Waals surface area contributed by atoms with Crippen molar-refractivity contribution < 1.29 is 26.4 Å². The van der Waals surface area contributed by atoms with Gasteiger partial charge in [0.15, 0.2) is 0 Å². The molecule has 4 rings (SSSR count). The van der Waals surface area contributed by atoms with E-state index in [4.69, 9.17) is 4.74 Å². The summed E-state index contributed by atoms with van der Waals surface area (Å²) in [5, 5.41) is 2.71. The van der Waals surface area contributed by atoms with Crippen molar-refractivity contribution in [2.24, 2.45) is 0 Å². The molecule has 0 atom stereocenters. The molecule has 0 fully saturated rings. The van der Waals surface area contributed by atoms with Gasteiger partial charge in [-0.25, -0.2) is 16.8 Å². The summed E-state index contributed by atoms with van der Waals surface area (Å²) in [6.45, 7) is 5.96. The van der Waals surface area contributed by atoms with Crippen LogP contribution in [0.4, 0.5) is 17.1 Å². The third-order valence-electron chi connectivity index (χ3n) is 5.92. The first kappa shape index (κ1) is 28.7. The lowest BCUT2D eigenvalue weighted by molar-refractivity contribution is 0.102. The number of nitrogens with one attached hydrogen (secondary N) is 3. The SMILES string of the molecule is CCOc1ccc(NS(=O)(=O)c2ccc(NC(=O)c3ccc(C)c(NS(=O)(=O)c4ccc(C)cc4)c3)cc2)cc1. The molecule has 0 unspecified atom stereocenters. The molecule has 0 aliphatic heterocycles. The summed E-state index contributed by atoms with van der Waals surface area (Å²) in [7, 11) is -7.71. The van der Waals surface area contributed by atoms with Gasteiger partial charge in [0.2, 0.25) is 0 Å². The van der Waals surface area contributed by atoms with Crippen LogP contribution >= 0.6 is 0 Å². The van der Waals surface area contributed by atoms with Crippen LogP contribution in [0.3, 0.4) is 0 Å². The van der Waals surface area contributed by atoms with Crippen molar-refractivity contribution in [2.75, 3.05) is 21.4 Å². The minimum Gasteiger partial charge on any atom is -0.494 e. The van der Waals surface area contributed by atoms with E-state index in [9.17, 15) is 21.6 Å². The highest BCUT2D eigenvalue weighted by Crippen LogP contribution is 2.24. The number of hydrogen-bond donors (Lipinski definition) is 3. The van der Waals surface area contributed by atoms with Crippen LogP contribution in [0.1, 0.15) is 28.4 Å². The molecule has 0 bridgehead atoms. The highest BCUT2D eigenvalue weighted by atomic mass is 32.2. The summed E-state index contributed by atoms with van der Waals surface area (Å²) >= 11 is 0. The molecule has 0 aliphatic carbocycles. The topological polar surface area (TPSA) is 131 Å². The Hall–Kier alpha value is -4.35. The van der Waals surface area contributed by atoms with Crippen LogP contribution in [0.2, 0.25) is 0 Å². The first-order valence-electron chi connectivity index (χ1n) is 12.3. The second-order valence-electron chi connectivity index (χ2n) is 8.99. The van der Waals surface area contributed by atoms with Crippen molar-refractivity contribution in [1.29, 1.82) is 0 Å². The lowest BCUT2D eigenvalue weighted by atomic mass is 10.1. The number of benzene rings is 4. The van der Waals surface area contributed by atoms with E-state index in [0.717, 1.165) is 5.56 Å². The van der Waals surface area contributed by atoms with Gasteiger partial charge in [-0.1, -0.05) is 23.8 Å². The number of hydrogen-bond acceptors (Lipinski definition) is 6. The minimum absolute atomic E-state index is 0.0162. The maximum atomic E-state index is 12.9. The molecule has 1 amide bonds. The van der Waals surface area contributed by atoms with E-state index in [-0.39, 0.29) is 21.0 Å². The monoisotopic (exact) mass is 579 g/mol. The van der Waals surface area contributed by atoms with Crippen molar-refractivity contribution in [3.8, 4) is 5.75 Å². The first-order valence-corrected chi connectivity index (χ1v) is 15.3. The predicted molar refractivity (Wildman–Crippen MR) is 156 cm³/mol. The number of ether oxygens (including phenoxy) is 1. The van der Waals surface area contributed by atoms with E-state index in [1.54, 1.807) is 55.5 Å². The van der Waals surface area contributed by atoms with Crippen LogP contribution in [-0.4, -0.2) is 29.3 Å². The summed E-state index contributed by atoms with van der Waals surface area (Å²) in [6.07, 6.45) is 0. The van der Waals surface area contributed by atoms with Crippen molar-refractivity contribution >= 4 is 43.0 Å². The quantitative estimate of drug-likeness (QED) is 0.226. The predicted octanol–water partition coefficient (Wildman–Crippen LogP) is 5.56. The van der Waals surface area contributed by atoms with Crippen LogP contribution in [-0.2, 0) is 20.0 Å². The molecule has 0 spiro atoms. The van der Waals surface area contributed by atoms with E-state index < -0.39 is 26.0 Å². The molecule has 0 heterocycles. The molecule has 4 aromatic carbocycles. The summed E-state index contributed by atoms with van der Waals surface area (Å²) in [4.78, 5) is 13.0. The third kappa shape index (κ3) is 6.99. The fraction of sp³-hybridized carbons (Fsp3) is 0.138. The van der Waals surface area contributed by atoms with Crippen LogP contribution in [0.25, 0.3) is 0 Å². The molecule has 208 valence electrons. The number of aryl methyl sites for hydroxylation is 2. The Morgan fingerprint density at radius 3 is 1.85 bits per heavy atom. The summed E-state index contributed by atoms with van der Waals surface area (Å²) in [5.41, 5.74) is 2.82. The third-order valence-corrected chi connectivity index (χ3v) is 8.69. The second kappa shape index (κ2) is 11.8. The zero-order valence-electron chi connectivity index (χ0n) is 22.1. The van der Waals surface area contributed by atoms with Gasteiger partial charge < -0.3 is 10.1 Å². The van der Waals surface area contributed by atoms with Crippen LogP contribution < -0.4 is 19.5 Å². The lowest BCUT2D eigenvalue weighted by Crippen LogP contribution is -2.16. The van der Waals surface area contributed by atoms with Crippen molar-refractivity contribution in [1.82, 2.24) is 0 Å². The largest absolute Gasteiger partial charge is 0.494 e. The maximum Gasteiger partial charge on any atom is 0.261 e. The van der Waals surface area contributed by atoms with Crippen LogP contribution in [0, 0.1) is 13.8 Å². The second-order valence-corrected chi connectivity index (χ2v) is 12.4. The van der Waals surface area contributed by atoms with Crippen LogP contribution in [0.15, 0.2) is 101 Å². The van der Waals surface area contributed by atoms with Gasteiger partial charge >= 0.3 is 0 Å². The van der Waals surface area contributed by atoms with E-state index in [2.05, 4.69) is 14.8 Å². The smallest absolute Gasteiger partial charge is 0.261 e. The Kier molecular flexibility index (Phi) is 8.46. The molecule has 11 heteroatoms. The lowest BCUT2D eigenvalue weighted by Gasteiger charge is -2.13.